The summed E-state index contributed by atoms with van der Waals surface area (Å²) in [6.07, 6.45) is 0.340. The molecule has 1 heterocycles. The number of fused-ring (bicyclic) bond motifs is 1. The van der Waals surface area contributed by atoms with Crippen LogP contribution in [0.25, 0.3) is 0 Å². The van der Waals surface area contributed by atoms with Gasteiger partial charge in [-0.15, -0.1) is 11.8 Å². The molecule has 0 bridgehead atoms. The second-order valence-corrected chi connectivity index (χ2v) is 5.77. The molecule has 3 rings (SSSR count). The molecule has 0 aliphatic carbocycles. The van der Waals surface area contributed by atoms with Crippen LogP contribution in [0.5, 0.6) is 11.5 Å². The molecule has 1 aliphatic heterocycles. The quantitative estimate of drug-likeness (QED) is 0.921. The number of Topliss-reactive ketones (excluding diaryl/α,β-unsaturated/α-hetero) is 1. The van der Waals surface area contributed by atoms with Gasteiger partial charge in [-0.05, 0) is 24.3 Å². The minimum absolute atomic E-state index is 0.0698. The summed E-state index contributed by atoms with van der Waals surface area (Å²) in [5.74, 6) is 2.21. The lowest BCUT2D eigenvalue weighted by Gasteiger charge is -2.12. The molecule has 3 nitrogen and oxygen atoms in total. The fourth-order valence-corrected chi connectivity index (χ4v) is 3.21. The third kappa shape index (κ3) is 2.71. The summed E-state index contributed by atoms with van der Waals surface area (Å²) >= 11 is 1.62. The van der Waals surface area contributed by atoms with Gasteiger partial charge in [0, 0.05) is 22.6 Å². The molecule has 2 aromatic carbocycles. The molecular weight excluding hydrogens is 270 g/mol. The fraction of sp³-hybridized carbons (Fsp3) is 0.188. The van der Waals surface area contributed by atoms with Crippen LogP contribution in [0.15, 0.2) is 53.4 Å². The predicted molar refractivity (Wildman–Crippen MR) is 80.4 cm³/mol. The largest absolute Gasteiger partial charge is 0.457 e. The van der Waals surface area contributed by atoms with E-state index in [0.717, 1.165) is 22.0 Å². The maximum absolute atomic E-state index is 12.0. The van der Waals surface area contributed by atoms with E-state index in [1.807, 2.05) is 48.5 Å². The van der Waals surface area contributed by atoms with Crippen LogP contribution >= 0.6 is 11.8 Å². The maximum atomic E-state index is 12.0. The molecule has 4 heteroatoms. The van der Waals surface area contributed by atoms with Crippen molar-refractivity contribution >= 4 is 17.5 Å². The molecule has 1 atom stereocenters. The van der Waals surface area contributed by atoms with Crippen LogP contribution in [0.2, 0.25) is 0 Å². The van der Waals surface area contributed by atoms with Crippen molar-refractivity contribution in [2.45, 2.75) is 17.4 Å². The van der Waals surface area contributed by atoms with Crippen molar-refractivity contribution in [3.05, 3.63) is 54.1 Å². The molecular formula is C16H15NO2S. The molecule has 2 N–H and O–H groups in total. The summed E-state index contributed by atoms with van der Waals surface area (Å²) in [5.41, 5.74) is 6.79. The highest BCUT2D eigenvalue weighted by Crippen LogP contribution is 2.35. The molecule has 0 amide bonds. The minimum atomic E-state index is -0.392. The second kappa shape index (κ2) is 5.69. The standard InChI is InChI=1S/C16H15NO2S/c17-13-10-20-16-8-4-7-15(12(16)9-14(13)18)19-11-5-2-1-3-6-11/h1-8,13H,9-10,17H2/t13-/m0/s1. The number of carbonyl (C=O) groups is 1. The first-order valence-corrected chi connectivity index (χ1v) is 7.48. The van der Waals surface area contributed by atoms with Gasteiger partial charge in [-0.2, -0.15) is 0 Å². The van der Waals surface area contributed by atoms with E-state index in [1.54, 1.807) is 11.8 Å². The van der Waals surface area contributed by atoms with Crippen LogP contribution < -0.4 is 10.5 Å². The first kappa shape index (κ1) is 13.2. The lowest BCUT2D eigenvalue weighted by molar-refractivity contribution is -0.119. The molecule has 0 spiro atoms. The van der Waals surface area contributed by atoms with E-state index in [-0.39, 0.29) is 5.78 Å². The van der Waals surface area contributed by atoms with Crippen LogP contribution in [0, 0.1) is 0 Å². The van der Waals surface area contributed by atoms with E-state index in [2.05, 4.69) is 0 Å². The van der Waals surface area contributed by atoms with Gasteiger partial charge in [-0.25, -0.2) is 0 Å². The van der Waals surface area contributed by atoms with Crippen LogP contribution in [-0.2, 0) is 11.2 Å². The molecule has 1 aliphatic rings. The molecule has 0 unspecified atom stereocenters. The molecule has 2 aromatic rings. The maximum Gasteiger partial charge on any atom is 0.154 e. The zero-order valence-electron chi connectivity index (χ0n) is 10.9. The first-order chi connectivity index (χ1) is 9.74. The monoisotopic (exact) mass is 285 g/mol. The Morgan fingerprint density at radius 1 is 1.10 bits per heavy atom. The number of para-hydroxylation sites is 1. The van der Waals surface area contributed by atoms with Gasteiger partial charge in [-0.3, -0.25) is 4.79 Å². The summed E-state index contributed by atoms with van der Waals surface area (Å²) in [5, 5.41) is 0. The van der Waals surface area contributed by atoms with E-state index in [9.17, 15) is 4.79 Å². The lowest BCUT2D eigenvalue weighted by atomic mass is 10.0. The van der Waals surface area contributed by atoms with Crippen molar-refractivity contribution in [1.29, 1.82) is 0 Å². The Balaban J connectivity index is 1.95. The average Bonchev–Trinajstić information content (AvgIpc) is 2.61. The number of thioether (sulfide) groups is 1. The Morgan fingerprint density at radius 3 is 2.70 bits per heavy atom. The van der Waals surface area contributed by atoms with Crippen LogP contribution in [0.3, 0.4) is 0 Å². The van der Waals surface area contributed by atoms with Gasteiger partial charge in [0.25, 0.3) is 0 Å². The van der Waals surface area contributed by atoms with Crippen molar-refractivity contribution in [3.8, 4) is 11.5 Å². The summed E-state index contributed by atoms with van der Waals surface area (Å²) in [7, 11) is 0. The molecule has 20 heavy (non-hydrogen) atoms. The van der Waals surface area contributed by atoms with E-state index in [0.29, 0.717) is 12.2 Å². The normalized spacial score (nSPS) is 18.2. The Kier molecular flexibility index (Phi) is 3.76. The predicted octanol–water partition coefficient (Wildman–Crippen LogP) is 3.02. The zero-order valence-corrected chi connectivity index (χ0v) is 11.7. The van der Waals surface area contributed by atoms with Crippen LogP contribution in [0.1, 0.15) is 5.56 Å². The third-order valence-electron chi connectivity index (χ3n) is 3.24. The number of nitrogens with two attached hydrogens (primary N) is 1. The Hall–Kier alpha value is -1.78. The summed E-state index contributed by atoms with van der Waals surface area (Å²) in [6, 6.07) is 15.1. The summed E-state index contributed by atoms with van der Waals surface area (Å²) < 4.78 is 5.91. The third-order valence-corrected chi connectivity index (χ3v) is 4.46. The number of benzene rings is 2. The highest BCUT2D eigenvalue weighted by molar-refractivity contribution is 7.99. The van der Waals surface area contributed by atoms with Gasteiger partial charge in [0.15, 0.2) is 5.78 Å². The molecule has 0 radical (unpaired) electrons. The number of carbonyl (C=O) groups excluding carboxylic acids is 1. The van der Waals surface area contributed by atoms with Crippen molar-refractivity contribution in [2.75, 3.05) is 5.75 Å². The Labute approximate surface area is 122 Å². The lowest BCUT2D eigenvalue weighted by Crippen LogP contribution is -2.32. The van der Waals surface area contributed by atoms with E-state index < -0.39 is 6.04 Å². The average molecular weight is 285 g/mol. The first-order valence-electron chi connectivity index (χ1n) is 6.50. The summed E-state index contributed by atoms with van der Waals surface area (Å²) in [4.78, 5) is 13.1. The number of ketones is 1. The zero-order chi connectivity index (χ0) is 13.9. The fourth-order valence-electron chi connectivity index (χ4n) is 2.14. The number of hydrogen-bond acceptors (Lipinski definition) is 4. The van der Waals surface area contributed by atoms with Gasteiger partial charge < -0.3 is 10.5 Å². The number of rotatable bonds is 2. The highest BCUT2D eigenvalue weighted by atomic mass is 32.2. The molecule has 0 aromatic heterocycles. The van der Waals surface area contributed by atoms with Gasteiger partial charge in [-0.1, -0.05) is 24.3 Å². The van der Waals surface area contributed by atoms with Crippen molar-refractivity contribution in [1.82, 2.24) is 0 Å². The highest BCUT2D eigenvalue weighted by Gasteiger charge is 2.23. The van der Waals surface area contributed by atoms with E-state index >= 15 is 0 Å². The van der Waals surface area contributed by atoms with Gasteiger partial charge >= 0.3 is 0 Å². The summed E-state index contributed by atoms with van der Waals surface area (Å²) in [6.45, 7) is 0. The molecule has 0 fully saturated rings. The van der Waals surface area contributed by atoms with E-state index in [4.69, 9.17) is 10.5 Å². The van der Waals surface area contributed by atoms with Gasteiger partial charge in [0.1, 0.15) is 11.5 Å². The SMILES string of the molecule is N[C@H]1CSc2cccc(Oc3ccccc3)c2CC1=O. The van der Waals surface area contributed by atoms with Gasteiger partial charge in [0.05, 0.1) is 6.04 Å². The van der Waals surface area contributed by atoms with Crippen LogP contribution in [-0.4, -0.2) is 17.6 Å². The van der Waals surface area contributed by atoms with Crippen molar-refractivity contribution < 1.29 is 9.53 Å². The Morgan fingerprint density at radius 2 is 1.90 bits per heavy atom. The van der Waals surface area contributed by atoms with E-state index in [1.165, 1.54) is 0 Å². The topological polar surface area (TPSA) is 52.3 Å². The molecule has 0 saturated carbocycles. The number of ether oxygens (including phenoxy) is 1. The second-order valence-electron chi connectivity index (χ2n) is 4.71. The molecule has 0 saturated heterocycles. The number of hydrogen-bond donors (Lipinski definition) is 1. The van der Waals surface area contributed by atoms with Gasteiger partial charge in [0.2, 0.25) is 0 Å². The minimum Gasteiger partial charge on any atom is -0.457 e. The molecule has 102 valence electrons. The van der Waals surface area contributed by atoms with Crippen molar-refractivity contribution in [2.24, 2.45) is 5.73 Å². The Bertz CT molecular complexity index is 628. The van der Waals surface area contributed by atoms with Crippen molar-refractivity contribution in [3.63, 3.8) is 0 Å². The smallest absolute Gasteiger partial charge is 0.154 e. The van der Waals surface area contributed by atoms with Crippen LogP contribution in [0.4, 0.5) is 0 Å².